The van der Waals surface area contributed by atoms with E-state index < -0.39 is 6.67 Å². The summed E-state index contributed by atoms with van der Waals surface area (Å²) in [7, 11) is 0. The summed E-state index contributed by atoms with van der Waals surface area (Å²) in [6.07, 6.45) is 7.21. The molecule has 3 aromatic heterocycles. The Bertz CT molecular complexity index is 824. The Morgan fingerprint density at radius 3 is 3.00 bits per heavy atom. The Morgan fingerprint density at radius 2 is 2.20 bits per heavy atom. The number of halogens is 1. The average Bonchev–Trinajstić information content (AvgIpc) is 2.90. The molecule has 98 valence electrons. The molecule has 20 heavy (non-hydrogen) atoms. The van der Waals surface area contributed by atoms with Crippen molar-refractivity contribution in [2.24, 2.45) is 0 Å². The van der Waals surface area contributed by atoms with Crippen LogP contribution in [0.15, 0.2) is 43.0 Å². The van der Waals surface area contributed by atoms with Crippen LogP contribution in [0, 0.1) is 18.8 Å². The molecule has 0 bridgehead atoms. The fourth-order valence-corrected chi connectivity index (χ4v) is 2.11. The summed E-state index contributed by atoms with van der Waals surface area (Å²) < 4.78 is 14.1. The van der Waals surface area contributed by atoms with Crippen LogP contribution >= 0.6 is 0 Å². The maximum Gasteiger partial charge on any atom is 0.150 e. The molecule has 3 rings (SSSR count). The van der Waals surface area contributed by atoms with Crippen LogP contribution in [0.5, 0.6) is 0 Å². The van der Waals surface area contributed by atoms with Crippen LogP contribution in [-0.2, 0) is 0 Å². The Kier molecular flexibility index (Phi) is 3.18. The lowest BCUT2D eigenvalue weighted by molar-refractivity contribution is 0.573. The molecule has 0 fully saturated rings. The maximum atomic E-state index is 12.1. The molecule has 0 aromatic carbocycles. The van der Waals surface area contributed by atoms with Crippen molar-refractivity contribution in [1.29, 1.82) is 0 Å². The van der Waals surface area contributed by atoms with Crippen molar-refractivity contribution in [2.75, 3.05) is 6.67 Å². The zero-order valence-electron chi connectivity index (χ0n) is 11.0. The molecule has 0 N–H and O–H groups in total. The van der Waals surface area contributed by atoms with Crippen LogP contribution in [0.3, 0.4) is 0 Å². The van der Waals surface area contributed by atoms with E-state index in [1.165, 1.54) is 0 Å². The normalized spacial score (nSPS) is 10.3. The molecule has 0 spiro atoms. The molecule has 0 amide bonds. The number of hydrogen-bond acceptors (Lipinski definition) is 2. The molecule has 0 radical (unpaired) electrons. The van der Waals surface area contributed by atoms with Crippen molar-refractivity contribution < 1.29 is 4.39 Å². The molecule has 0 aliphatic rings. The molecule has 0 saturated heterocycles. The lowest BCUT2D eigenvalue weighted by atomic mass is 10.1. The standard InChI is InChI=1S/C16H12FN3/c1-12-9-16(19-10-14(12)3-2-6-17)20-8-5-13-4-7-18-11-15(13)20/h4-5,7-11H,6H2,1H3. The number of fused-ring (bicyclic) bond motifs is 1. The first-order chi connectivity index (χ1) is 9.79. The Hall–Kier alpha value is -2.67. The zero-order chi connectivity index (χ0) is 13.9. The summed E-state index contributed by atoms with van der Waals surface area (Å²) in [5, 5.41) is 1.11. The summed E-state index contributed by atoms with van der Waals surface area (Å²) >= 11 is 0. The number of alkyl halides is 1. The highest BCUT2D eigenvalue weighted by atomic mass is 19.1. The average molecular weight is 265 g/mol. The third-order valence-electron chi connectivity index (χ3n) is 3.13. The highest BCUT2D eigenvalue weighted by Crippen LogP contribution is 2.19. The van der Waals surface area contributed by atoms with Crippen molar-refractivity contribution in [2.45, 2.75) is 6.92 Å². The lowest BCUT2D eigenvalue weighted by Gasteiger charge is -2.06. The second kappa shape index (κ2) is 5.14. The minimum atomic E-state index is -0.644. The van der Waals surface area contributed by atoms with Crippen LogP contribution in [0.2, 0.25) is 0 Å². The number of aryl methyl sites for hydroxylation is 1. The van der Waals surface area contributed by atoms with Crippen molar-refractivity contribution >= 4 is 10.9 Å². The predicted molar refractivity (Wildman–Crippen MR) is 76.5 cm³/mol. The van der Waals surface area contributed by atoms with E-state index in [1.807, 2.05) is 42.1 Å². The van der Waals surface area contributed by atoms with E-state index in [2.05, 4.69) is 21.8 Å². The van der Waals surface area contributed by atoms with Gasteiger partial charge in [0.2, 0.25) is 0 Å². The Balaban J connectivity index is 2.09. The highest BCUT2D eigenvalue weighted by Gasteiger charge is 2.05. The van der Waals surface area contributed by atoms with E-state index in [0.29, 0.717) is 0 Å². The van der Waals surface area contributed by atoms with Crippen molar-refractivity contribution in [1.82, 2.24) is 14.5 Å². The molecule has 0 saturated carbocycles. The quantitative estimate of drug-likeness (QED) is 0.633. The predicted octanol–water partition coefficient (Wildman–Crippen LogP) is 3.05. The van der Waals surface area contributed by atoms with Crippen molar-refractivity contribution in [3.63, 3.8) is 0 Å². The minimum Gasteiger partial charge on any atom is -0.300 e. The van der Waals surface area contributed by atoms with Gasteiger partial charge in [-0.1, -0.05) is 11.8 Å². The molecular weight excluding hydrogens is 253 g/mol. The van der Waals surface area contributed by atoms with E-state index >= 15 is 0 Å². The molecule has 0 aliphatic heterocycles. The Labute approximate surface area is 116 Å². The largest absolute Gasteiger partial charge is 0.300 e. The van der Waals surface area contributed by atoms with Gasteiger partial charge in [-0.05, 0) is 30.7 Å². The SMILES string of the molecule is Cc1cc(-n2ccc3ccncc32)ncc1C#CCF. The summed E-state index contributed by atoms with van der Waals surface area (Å²) in [5.41, 5.74) is 2.73. The number of pyridine rings is 2. The number of aromatic nitrogens is 3. The second-order valence-corrected chi connectivity index (χ2v) is 4.41. The number of rotatable bonds is 1. The Morgan fingerprint density at radius 1 is 1.30 bits per heavy atom. The molecule has 0 atom stereocenters. The van der Waals surface area contributed by atoms with E-state index in [-0.39, 0.29) is 0 Å². The van der Waals surface area contributed by atoms with Gasteiger partial charge in [-0.25, -0.2) is 9.37 Å². The zero-order valence-corrected chi connectivity index (χ0v) is 11.0. The van der Waals surface area contributed by atoms with Crippen LogP contribution in [0.4, 0.5) is 4.39 Å². The van der Waals surface area contributed by atoms with Crippen LogP contribution in [0.1, 0.15) is 11.1 Å². The van der Waals surface area contributed by atoms with Gasteiger partial charge in [0.15, 0.2) is 6.67 Å². The van der Waals surface area contributed by atoms with Gasteiger partial charge in [0, 0.05) is 29.5 Å². The van der Waals surface area contributed by atoms with Gasteiger partial charge in [-0.15, -0.1) is 0 Å². The minimum absolute atomic E-state index is 0.644. The summed E-state index contributed by atoms with van der Waals surface area (Å²) in [6, 6.07) is 5.92. The molecule has 3 heterocycles. The van der Waals surface area contributed by atoms with Gasteiger partial charge in [-0.3, -0.25) is 9.55 Å². The van der Waals surface area contributed by atoms with Gasteiger partial charge in [-0.2, -0.15) is 0 Å². The van der Waals surface area contributed by atoms with E-state index in [4.69, 9.17) is 0 Å². The number of hydrogen-bond donors (Lipinski definition) is 0. The highest BCUT2D eigenvalue weighted by molar-refractivity contribution is 5.80. The molecule has 3 nitrogen and oxygen atoms in total. The molecule has 4 heteroatoms. The van der Waals surface area contributed by atoms with E-state index in [9.17, 15) is 4.39 Å². The third kappa shape index (κ3) is 2.14. The summed E-state index contributed by atoms with van der Waals surface area (Å²) in [5.74, 6) is 5.98. The van der Waals surface area contributed by atoms with Gasteiger partial charge >= 0.3 is 0 Å². The van der Waals surface area contributed by atoms with Crippen molar-refractivity contribution in [3.05, 3.63) is 54.1 Å². The summed E-state index contributed by atoms with van der Waals surface area (Å²) in [6.45, 7) is 1.30. The fourth-order valence-electron chi connectivity index (χ4n) is 2.11. The maximum absolute atomic E-state index is 12.1. The van der Waals surface area contributed by atoms with Crippen LogP contribution in [0.25, 0.3) is 16.7 Å². The monoisotopic (exact) mass is 265 g/mol. The van der Waals surface area contributed by atoms with Crippen LogP contribution < -0.4 is 0 Å². The fraction of sp³-hybridized carbons (Fsp3) is 0.125. The number of nitrogens with zero attached hydrogens (tertiary/aromatic N) is 3. The van der Waals surface area contributed by atoms with Crippen molar-refractivity contribution in [3.8, 4) is 17.7 Å². The van der Waals surface area contributed by atoms with E-state index in [0.717, 1.165) is 27.8 Å². The second-order valence-electron chi connectivity index (χ2n) is 4.41. The van der Waals surface area contributed by atoms with Gasteiger partial charge in [0.25, 0.3) is 0 Å². The van der Waals surface area contributed by atoms with E-state index in [1.54, 1.807) is 12.4 Å². The molecule has 0 unspecified atom stereocenters. The lowest BCUT2D eigenvalue weighted by Crippen LogP contribution is -1.98. The van der Waals surface area contributed by atoms with Gasteiger partial charge < -0.3 is 0 Å². The topological polar surface area (TPSA) is 30.7 Å². The molecule has 0 aliphatic carbocycles. The smallest absolute Gasteiger partial charge is 0.150 e. The van der Waals surface area contributed by atoms with Crippen LogP contribution in [-0.4, -0.2) is 21.2 Å². The summed E-state index contributed by atoms with van der Waals surface area (Å²) in [4.78, 5) is 8.53. The first-order valence-corrected chi connectivity index (χ1v) is 6.22. The van der Waals surface area contributed by atoms with Gasteiger partial charge in [0.05, 0.1) is 11.7 Å². The molecule has 3 aromatic rings. The first-order valence-electron chi connectivity index (χ1n) is 6.22. The first kappa shape index (κ1) is 12.4. The molecular formula is C16H12FN3. The van der Waals surface area contributed by atoms with Gasteiger partial charge in [0.1, 0.15) is 5.82 Å². The third-order valence-corrected chi connectivity index (χ3v) is 3.13.